The predicted octanol–water partition coefficient (Wildman–Crippen LogP) is 3.39. The summed E-state index contributed by atoms with van der Waals surface area (Å²) in [4.78, 5) is 0. The van der Waals surface area contributed by atoms with Crippen LogP contribution in [0.15, 0.2) is 28.7 Å². The molecule has 1 saturated heterocycles. The van der Waals surface area contributed by atoms with E-state index >= 15 is 0 Å². The number of benzene rings is 1. The van der Waals surface area contributed by atoms with Crippen LogP contribution >= 0.6 is 11.6 Å². The van der Waals surface area contributed by atoms with Crippen molar-refractivity contribution in [1.29, 1.82) is 0 Å². The summed E-state index contributed by atoms with van der Waals surface area (Å²) < 4.78 is 17.7. The van der Waals surface area contributed by atoms with Crippen molar-refractivity contribution in [2.75, 3.05) is 0 Å². The van der Waals surface area contributed by atoms with Gasteiger partial charge < -0.3 is 13.7 Å². The summed E-state index contributed by atoms with van der Waals surface area (Å²) in [5.41, 5.74) is 0.485. The lowest BCUT2D eigenvalue weighted by atomic mass is 9.86. The lowest BCUT2D eigenvalue weighted by Gasteiger charge is -2.32. The number of hydrogen-bond donors (Lipinski definition) is 0. The Kier molecular flexibility index (Phi) is 2.75. The van der Waals surface area contributed by atoms with Crippen LogP contribution in [0.3, 0.4) is 0 Å². The van der Waals surface area contributed by atoms with Crippen LogP contribution in [-0.2, 0) is 9.31 Å². The normalized spacial score (nSPS) is 21.2. The molecular formula is C14H16BClO3. The summed E-state index contributed by atoms with van der Waals surface area (Å²) in [6, 6.07) is 7.65. The van der Waals surface area contributed by atoms with E-state index in [4.69, 9.17) is 25.3 Å². The highest BCUT2D eigenvalue weighted by Crippen LogP contribution is 2.38. The number of rotatable bonds is 1. The first-order chi connectivity index (χ1) is 8.82. The zero-order valence-corrected chi connectivity index (χ0v) is 12.2. The van der Waals surface area contributed by atoms with E-state index in [0.29, 0.717) is 10.7 Å². The highest BCUT2D eigenvalue weighted by atomic mass is 35.5. The van der Waals surface area contributed by atoms with E-state index < -0.39 is 18.3 Å². The third-order valence-corrected chi connectivity index (χ3v) is 4.42. The van der Waals surface area contributed by atoms with Gasteiger partial charge in [-0.2, -0.15) is 0 Å². The van der Waals surface area contributed by atoms with E-state index in [1.54, 1.807) is 0 Å². The summed E-state index contributed by atoms with van der Waals surface area (Å²) in [6.07, 6.45) is 0. The van der Waals surface area contributed by atoms with E-state index in [1.807, 2.05) is 52.0 Å². The largest absolute Gasteiger partial charge is 0.534 e. The molecule has 5 heteroatoms. The van der Waals surface area contributed by atoms with Crippen LogP contribution in [-0.4, -0.2) is 18.3 Å². The molecule has 2 heterocycles. The summed E-state index contributed by atoms with van der Waals surface area (Å²) in [5, 5.41) is 1.45. The molecule has 0 spiro atoms. The molecule has 0 amide bonds. The molecule has 1 aromatic heterocycles. The Balaban J connectivity index is 2.05. The van der Waals surface area contributed by atoms with Gasteiger partial charge in [0.05, 0.1) is 16.2 Å². The third kappa shape index (κ3) is 1.90. The maximum atomic E-state index is 6.37. The SMILES string of the molecule is CC1(C)OB(c2oc3ccccc3c2Cl)OC1(C)C. The maximum Gasteiger partial charge on any atom is 0.534 e. The Labute approximate surface area is 118 Å². The van der Waals surface area contributed by atoms with Crippen molar-refractivity contribution in [3.05, 3.63) is 29.3 Å². The summed E-state index contributed by atoms with van der Waals surface area (Å²) in [5.74, 6) is 0. The molecule has 2 aromatic rings. The highest BCUT2D eigenvalue weighted by Gasteiger charge is 2.53. The van der Waals surface area contributed by atoms with Crippen LogP contribution in [0.2, 0.25) is 5.02 Å². The monoisotopic (exact) mass is 278 g/mol. The van der Waals surface area contributed by atoms with Crippen molar-refractivity contribution in [2.45, 2.75) is 38.9 Å². The average molecular weight is 279 g/mol. The van der Waals surface area contributed by atoms with E-state index in [9.17, 15) is 0 Å². The molecule has 0 unspecified atom stereocenters. The fourth-order valence-corrected chi connectivity index (χ4v) is 2.42. The first-order valence-electron chi connectivity index (χ1n) is 6.34. The zero-order valence-electron chi connectivity index (χ0n) is 11.5. The molecule has 0 bridgehead atoms. The minimum Gasteiger partial charge on any atom is -0.463 e. The Morgan fingerprint density at radius 2 is 1.58 bits per heavy atom. The Morgan fingerprint density at radius 3 is 2.16 bits per heavy atom. The van der Waals surface area contributed by atoms with Gasteiger partial charge in [0.15, 0.2) is 5.66 Å². The molecule has 3 nitrogen and oxygen atoms in total. The van der Waals surface area contributed by atoms with Crippen molar-refractivity contribution in [2.24, 2.45) is 0 Å². The minimum atomic E-state index is -0.565. The van der Waals surface area contributed by atoms with Crippen LogP contribution in [0.25, 0.3) is 11.0 Å². The van der Waals surface area contributed by atoms with E-state index in [1.165, 1.54) is 0 Å². The molecule has 1 aliphatic heterocycles. The quantitative estimate of drug-likeness (QED) is 0.749. The van der Waals surface area contributed by atoms with Gasteiger partial charge in [-0.3, -0.25) is 0 Å². The number of hydrogen-bond acceptors (Lipinski definition) is 3. The van der Waals surface area contributed by atoms with E-state index in [0.717, 1.165) is 11.0 Å². The standard InChI is InChI=1S/C14H16BClO3/c1-13(2)14(3,4)19-15(18-13)12-11(16)9-7-5-6-8-10(9)17-12/h5-8H,1-4H3. The van der Waals surface area contributed by atoms with Crippen molar-refractivity contribution in [1.82, 2.24) is 0 Å². The molecule has 0 saturated carbocycles. The van der Waals surface area contributed by atoms with Crippen LogP contribution in [0, 0.1) is 0 Å². The third-order valence-electron chi connectivity index (χ3n) is 4.03. The van der Waals surface area contributed by atoms with Gasteiger partial charge in [-0.25, -0.2) is 0 Å². The molecule has 0 aliphatic carbocycles. The highest BCUT2D eigenvalue weighted by molar-refractivity contribution is 6.65. The second kappa shape index (κ2) is 4.01. The Hall–Kier alpha value is -0.965. The lowest BCUT2D eigenvalue weighted by molar-refractivity contribution is 0.00578. The number of fused-ring (bicyclic) bond motifs is 1. The van der Waals surface area contributed by atoms with Crippen molar-refractivity contribution < 1.29 is 13.7 Å². The van der Waals surface area contributed by atoms with Crippen LogP contribution < -0.4 is 5.66 Å². The van der Waals surface area contributed by atoms with Crippen LogP contribution in [0.4, 0.5) is 0 Å². The van der Waals surface area contributed by atoms with Gasteiger partial charge in [0.25, 0.3) is 0 Å². The molecular weight excluding hydrogens is 262 g/mol. The van der Waals surface area contributed by atoms with Crippen LogP contribution in [0.1, 0.15) is 27.7 Å². The fourth-order valence-electron chi connectivity index (χ4n) is 2.13. The van der Waals surface area contributed by atoms with Crippen molar-refractivity contribution in [3.8, 4) is 0 Å². The second-order valence-electron chi connectivity index (χ2n) is 5.86. The first-order valence-corrected chi connectivity index (χ1v) is 6.72. The van der Waals surface area contributed by atoms with Gasteiger partial charge in [-0.05, 0) is 39.8 Å². The van der Waals surface area contributed by atoms with E-state index in [-0.39, 0.29) is 0 Å². The molecule has 0 atom stereocenters. The average Bonchev–Trinajstić information content (AvgIpc) is 2.76. The summed E-state index contributed by atoms with van der Waals surface area (Å²) in [7, 11) is -0.565. The second-order valence-corrected chi connectivity index (χ2v) is 6.24. The number of para-hydroxylation sites is 1. The summed E-state index contributed by atoms with van der Waals surface area (Å²) in [6.45, 7) is 8.01. The Morgan fingerprint density at radius 1 is 1.00 bits per heavy atom. The first kappa shape index (κ1) is 13.0. The lowest BCUT2D eigenvalue weighted by Crippen LogP contribution is -2.41. The molecule has 0 radical (unpaired) electrons. The van der Waals surface area contributed by atoms with Gasteiger partial charge >= 0.3 is 7.12 Å². The van der Waals surface area contributed by atoms with Gasteiger partial charge in [0, 0.05) is 5.39 Å². The number of halogens is 1. The van der Waals surface area contributed by atoms with Gasteiger partial charge in [0.1, 0.15) is 5.58 Å². The summed E-state index contributed by atoms with van der Waals surface area (Å²) >= 11 is 6.37. The van der Waals surface area contributed by atoms with Gasteiger partial charge in [-0.15, -0.1) is 0 Å². The number of furan rings is 1. The van der Waals surface area contributed by atoms with Gasteiger partial charge in [0.2, 0.25) is 0 Å². The van der Waals surface area contributed by atoms with Crippen LogP contribution in [0.5, 0.6) is 0 Å². The zero-order chi connectivity index (χ0) is 13.8. The molecule has 3 rings (SSSR count). The van der Waals surface area contributed by atoms with Crippen molar-refractivity contribution in [3.63, 3.8) is 0 Å². The topological polar surface area (TPSA) is 31.6 Å². The minimum absolute atomic E-state index is 0.403. The van der Waals surface area contributed by atoms with E-state index in [2.05, 4.69) is 0 Å². The fraction of sp³-hybridized carbons (Fsp3) is 0.429. The molecule has 19 heavy (non-hydrogen) atoms. The molecule has 1 aliphatic rings. The van der Waals surface area contributed by atoms with Crippen molar-refractivity contribution >= 4 is 35.3 Å². The van der Waals surface area contributed by atoms with Gasteiger partial charge in [-0.1, -0.05) is 23.7 Å². The molecule has 0 N–H and O–H groups in total. The molecule has 1 fully saturated rings. The molecule has 100 valence electrons. The predicted molar refractivity (Wildman–Crippen MR) is 76.9 cm³/mol. The maximum absolute atomic E-state index is 6.37. The smallest absolute Gasteiger partial charge is 0.463 e. The molecule has 1 aromatic carbocycles. The Bertz CT molecular complexity index is 617.